The van der Waals surface area contributed by atoms with Crippen LogP contribution in [-0.2, 0) is 4.74 Å². The van der Waals surface area contributed by atoms with Gasteiger partial charge in [0.05, 0.1) is 6.61 Å². The summed E-state index contributed by atoms with van der Waals surface area (Å²) >= 11 is 0. The third kappa shape index (κ3) is 3.27. The molecule has 0 unspecified atom stereocenters. The van der Waals surface area contributed by atoms with Crippen molar-refractivity contribution in [2.75, 3.05) is 26.8 Å². The monoisotopic (exact) mass is 226 g/mol. The normalized spacial score (nSPS) is 10.2. The highest BCUT2D eigenvalue weighted by Gasteiger charge is 2.15. The van der Waals surface area contributed by atoms with Gasteiger partial charge in [-0.25, -0.2) is 4.98 Å². The minimum Gasteiger partial charge on any atom is -0.383 e. The third-order valence-corrected chi connectivity index (χ3v) is 2.17. The van der Waals surface area contributed by atoms with Crippen molar-refractivity contribution in [1.82, 2.24) is 9.88 Å². The van der Waals surface area contributed by atoms with Crippen LogP contribution in [0.2, 0.25) is 0 Å². The molecule has 0 fully saturated rings. The summed E-state index contributed by atoms with van der Waals surface area (Å²) in [6.07, 6.45) is 0. The first-order chi connectivity index (χ1) is 7.69. The molecule has 0 bridgehead atoms. The van der Waals surface area contributed by atoms with Gasteiger partial charge in [0.15, 0.2) is 0 Å². The molecule has 4 nitrogen and oxygen atoms in total. The lowest BCUT2D eigenvalue weighted by atomic mass is 10.3. The van der Waals surface area contributed by atoms with E-state index in [0.717, 1.165) is 0 Å². The van der Waals surface area contributed by atoms with Crippen LogP contribution in [0, 0.1) is 5.95 Å². The van der Waals surface area contributed by atoms with Gasteiger partial charge in [-0.1, -0.05) is 6.07 Å². The highest BCUT2D eigenvalue weighted by Crippen LogP contribution is 2.03. The van der Waals surface area contributed by atoms with E-state index in [0.29, 0.717) is 19.7 Å². The molecular formula is C11H15FN2O2. The first-order valence-corrected chi connectivity index (χ1v) is 5.09. The molecule has 0 aliphatic rings. The summed E-state index contributed by atoms with van der Waals surface area (Å²) in [7, 11) is 1.57. The standard InChI is InChI=1S/C11H15FN2O2/c1-3-14(7-8-16-2)11(15)9-5-4-6-10(12)13-9/h4-6H,3,7-8H2,1-2H3. The van der Waals surface area contributed by atoms with Gasteiger partial charge >= 0.3 is 0 Å². The Labute approximate surface area is 94.0 Å². The number of likely N-dealkylation sites (N-methyl/N-ethyl adjacent to an activating group) is 1. The van der Waals surface area contributed by atoms with Crippen LogP contribution in [0.3, 0.4) is 0 Å². The number of hydrogen-bond acceptors (Lipinski definition) is 3. The Hall–Kier alpha value is -1.49. The predicted molar refractivity (Wildman–Crippen MR) is 57.6 cm³/mol. The second-order valence-corrected chi connectivity index (χ2v) is 3.22. The predicted octanol–water partition coefficient (Wildman–Crippen LogP) is 1.33. The van der Waals surface area contributed by atoms with Gasteiger partial charge in [0, 0.05) is 20.2 Å². The number of carbonyl (C=O) groups is 1. The van der Waals surface area contributed by atoms with Gasteiger partial charge < -0.3 is 9.64 Å². The SMILES string of the molecule is CCN(CCOC)C(=O)c1cccc(F)n1. The number of pyridine rings is 1. The van der Waals surface area contributed by atoms with Crippen molar-refractivity contribution in [2.45, 2.75) is 6.92 Å². The van der Waals surface area contributed by atoms with E-state index in [1.165, 1.54) is 18.2 Å². The average Bonchev–Trinajstić information content (AvgIpc) is 2.29. The van der Waals surface area contributed by atoms with Crippen molar-refractivity contribution in [2.24, 2.45) is 0 Å². The van der Waals surface area contributed by atoms with Crippen molar-refractivity contribution in [3.63, 3.8) is 0 Å². The topological polar surface area (TPSA) is 42.4 Å². The number of rotatable bonds is 5. The summed E-state index contributed by atoms with van der Waals surface area (Å²) in [5.74, 6) is -0.923. The molecule has 0 N–H and O–H groups in total. The maximum atomic E-state index is 12.8. The fraction of sp³-hybridized carbons (Fsp3) is 0.455. The Morgan fingerprint density at radius 2 is 2.31 bits per heavy atom. The summed E-state index contributed by atoms with van der Waals surface area (Å²) in [4.78, 5) is 17.0. The van der Waals surface area contributed by atoms with E-state index < -0.39 is 5.95 Å². The minimum absolute atomic E-state index is 0.123. The molecule has 1 aromatic rings. The van der Waals surface area contributed by atoms with Crippen LogP contribution in [0.15, 0.2) is 18.2 Å². The molecular weight excluding hydrogens is 211 g/mol. The van der Waals surface area contributed by atoms with Gasteiger partial charge in [0.1, 0.15) is 5.69 Å². The molecule has 0 aromatic carbocycles. The number of carbonyl (C=O) groups excluding carboxylic acids is 1. The molecule has 0 aliphatic heterocycles. The molecule has 0 saturated heterocycles. The van der Waals surface area contributed by atoms with Crippen LogP contribution >= 0.6 is 0 Å². The number of halogens is 1. The Kier molecular flexibility index (Phi) is 4.85. The van der Waals surface area contributed by atoms with E-state index >= 15 is 0 Å². The molecule has 16 heavy (non-hydrogen) atoms. The number of hydrogen-bond donors (Lipinski definition) is 0. The zero-order valence-electron chi connectivity index (χ0n) is 9.44. The van der Waals surface area contributed by atoms with Crippen LogP contribution in [0.25, 0.3) is 0 Å². The molecule has 1 amide bonds. The number of aromatic nitrogens is 1. The van der Waals surface area contributed by atoms with Crippen molar-refractivity contribution in [1.29, 1.82) is 0 Å². The van der Waals surface area contributed by atoms with Crippen LogP contribution < -0.4 is 0 Å². The molecule has 1 aromatic heterocycles. The summed E-state index contributed by atoms with van der Waals surface area (Å²) in [5.41, 5.74) is 0.123. The zero-order valence-corrected chi connectivity index (χ0v) is 9.44. The molecule has 88 valence electrons. The van der Waals surface area contributed by atoms with E-state index in [4.69, 9.17) is 4.74 Å². The van der Waals surface area contributed by atoms with Crippen LogP contribution in [0.4, 0.5) is 4.39 Å². The van der Waals surface area contributed by atoms with E-state index in [2.05, 4.69) is 4.98 Å². The highest BCUT2D eigenvalue weighted by molar-refractivity contribution is 5.92. The Bertz CT molecular complexity index is 358. The summed E-state index contributed by atoms with van der Waals surface area (Å²) in [6, 6.07) is 4.18. The lowest BCUT2D eigenvalue weighted by Crippen LogP contribution is -2.34. The zero-order chi connectivity index (χ0) is 12.0. The summed E-state index contributed by atoms with van der Waals surface area (Å²) < 4.78 is 17.7. The fourth-order valence-corrected chi connectivity index (χ4v) is 1.29. The maximum absolute atomic E-state index is 12.8. The maximum Gasteiger partial charge on any atom is 0.272 e. The van der Waals surface area contributed by atoms with Crippen molar-refractivity contribution in [3.8, 4) is 0 Å². The van der Waals surface area contributed by atoms with Crippen LogP contribution in [0.1, 0.15) is 17.4 Å². The minimum atomic E-state index is -0.645. The quantitative estimate of drug-likeness (QED) is 0.711. The fourth-order valence-electron chi connectivity index (χ4n) is 1.29. The first kappa shape index (κ1) is 12.6. The van der Waals surface area contributed by atoms with Crippen LogP contribution in [0.5, 0.6) is 0 Å². The third-order valence-electron chi connectivity index (χ3n) is 2.17. The van der Waals surface area contributed by atoms with E-state index in [1.807, 2.05) is 6.92 Å². The molecule has 1 rings (SSSR count). The lowest BCUT2D eigenvalue weighted by molar-refractivity contribution is 0.0699. The smallest absolute Gasteiger partial charge is 0.272 e. The van der Waals surface area contributed by atoms with Crippen molar-refractivity contribution >= 4 is 5.91 Å². The van der Waals surface area contributed by atoms with Gasteiger partial charge in [-0.2, -0.15) is 4.39 Å². The van der Waals surface area contributed by atoms with E-state index in [1.54, 1.807) is 12.0 Å². The largest absolute Gasteiger partial charge is 0.383 e. The molecule has 0 saturated carbocycles. The highest BCUT2D eigenvalue weighted by atomic mass is 19.1. The van der Waals surface area contributed by atoms with Crippen LogP contribution in [-0.4, -0.2) is 42.6 Å². The van der Waals surface area contributed by atoms with E-state index in [-0.39, 0.29) is 11.6 Å². The summed E-state index contributed by atoms with van der Waals surface area (Å²) in [5, 5.41) is 0. The number of nitrogens with zero attached hydrogens (tertiary/aromatic N) is 2. The number of amides is 1. The lowest BCUT2D eigenvalue weighted by Gasteiger charge is -2.19. The second kappa shape index (κ2) is 6.17. The molecule has 0 atom stereocenters. The second-order valence-electron chi connectivity index (χ2n) is 3.22. The molecule has 5 heteroatoms. The van der Waals surface area contributed by atoms with Crippen molar-refractivity contribution in [3.05, 3.63) is 29.8 Å². The van der Waals surface area contributed by atoms with Gasteiger partial charge in [-0.3, -0.25) is 4.79 Å². The van der Waals surface area contributed by atoms with E-state index in [9.17, 15) is 9.18 Å². The average molecular weight is 226 g/mol. The van der Waals surface area contributed by atoms with Gasteiger partial charge in [-0.15, -0.1) is 0 Å². The number of methoxy groups -OCH3 is 1. The Morgan fingerprint density at radius 1 is 1.56 bits per heavy atom. The molecule has 0 aliphatic carbocycles. The molecule has 0 spiro atoms. The Morgan fingerprint density at radius 3 is 2.88 bits per heavy atom. The number of ether oxygens (including phenoxy) is 1. The van der Waals surface area contributed by atoms with Gasteiger partial charge in [-0.05, 0) is 19.1 Å². The van der Waals surface area contributed by atoms with Gasteiger partial charge in [0.25, 0.3) is 5.91 Å². The Balaban J connectivity index is 2.74. The van der Waals surface area contributed by atoms with Crippen molar-refractivity contribution < 1.29 is 13.9 Å². The molecule has 1 heterocycles. The summed E-state index contributed by atoms with van der Waals surface area (Å²) in [6.45, 7) is 3.33. The first-order valence-electron chi connectivity index (χ1n) is 5.09. The van der Waals surface area contributed by atoms with Gasteiger partial charge in [0.2, 0.25) is 5.95 Å². The molecule has 0 radical (unpaired) electrons.